The van der Waals surface area contributed by atoms with Crippen LogP contribution in [0.1, 0.15) is 76.2 Å². The molecule has 0 saturated carbocycles. The van der Waals surface area contributed by atoms with Crippen LogP contribution in [-0.2, 0) is 119 Å². The zero-order valence-corrected chi connectivity index (χ0v) is 36.3. The van der Waals surface area contributed by atoms with Crippen LogP contribution in [0, 0.1) is 0 Å². The number of carbonyl (C=O) groups is 10. The molecule has 25 nitrogen and oxygen atoms in total. The van der Waals surface area contributed by atoms with Gasteiger partial charge in [-0.1, -0.05) is 0 Å². The van der Waals surface area contributed by atoms with Crippen LogP contribution in [0.2, 0.25) is 0 Å². The maximum absolute atomic E-state index is 13.0. The molecule has 354 valence electrons. The Morgan fingerprint density at radius 3 is 0.968 bits per heavy atom. The molecule has 25 heteroatoms. The third-order valence-corrected chi connectivity index (χ3v) is 8.79. The number of carbonyl (C=O) groups excluding carboxylic acids is 10. The van der Waals surface area contributed by atoms with Crippen LogP contribution in [0.3, 0.4) is 0 Å². The van der Waals surface area contributed by atoms with Crippen LogP contribution < -0.4 is 0 Å². The van der Waals surface area contributed by atoms with Gasteiger partial charge in [0, 0.05) is 69.2 Å². The summed E-state index contributed by atoms with van der Waals surface area (Å²) in [6.07, 6.45) is -26.0. The molecule has 0 spiro atoms. The summed E-state index contributed by atoms with van der Waals surface area (Å²) in [7, 11) is 0. The van der Waals surface area contributed by atoms with Gasteiger partial charge in [-0.3, -0.25) is 47.9 Å². The Kier molecular flexibility index (Phi) is 19.1. The summed E-state index contributed by atoms with van der Waals surface area (Å²) in [6, 6.07) is 0. The number of hydrogen-bond acceptors (Lipinski definition) is 25. The third kappa shape index (κ3) is 15.4. The minimum atomic E-state index is -2.01. The molecule has 0 amide bonds. The zero-order chi connectivity index (χ0) is 47.5. The maximum atomic E-state index is 13.0. The van der Waals surface area contributed by atoms with E-state index in [1.54, 1.807) is 0 Å². The first kappa shape index (κ1) is 51.8. The monoisotopic (exact) mass is 908 g/mol. The SMILES string of the molecule is CC(=O)OCC1OC(OC2C(OC(C)=O)C(COC(C)=O)OC(OC3C(OC(C)=O)C(C)OC(OC(C)=O)C3OC(C)=O)C2OC(C)=O)C(OC(C)=O)C(OC(C)=O)C1OC(C)=O. The highest BCUT2D eigenvalue weighted by Gasteiger charge is 2.60. The molecular formula is C38H52O25. The van der Waals surface area contributed by atoms with Crippen LogP contribution in [-0.4, -0.2) is 165 Å². The van der Waals surface area contributed by atoms with E-state index in [2.05, 4.69) is 0 Å². The Hall–Kier alpha value is -5.50. The standard InChI is InChI=1S/C38H52O25/c1-14-27(52-17(4)41)30(33(56-21(8)45)36(51-14)59-24(11)48)62-38-35(58-23(10)47)32(29(54-19(6)43)26(61-38)13-50-16(3)40)63-37-34(57-22(9)46)31(55-20(7)44)28(53-18(5)42)25(60-37)12-49-15(2)39/h14,25-38H,12-13H2,1-11H3. The van der Waals surface area contributed by atoms with E-state index in [0.717, 1.165) is 69.2 Å². The lowest BCUT2D eigenvalue weighted by atomic mass is 9.95. The predicted molar refractivity (Wildman–Crippen MR) is 195 cm³/mol. The highest BCUT2D eigenvalue weighted by atomic mass is 16.8. The summed E-state index contributed by atoms with van der Waals surface area (Å²) < 4.78 is 85.2. The molecule has 0 bridgehead atoms. The van der Waals surface area contributed by atoms with Crippen molar-refractivity contribution in [1.29, 1.82) is 0 Å². The van der Waals surface area contributed by atoms with Gasteiger partial charge in [-0.2, -0.15) is 0 Å². The van der Waals surface area contributed by atoms with Gasteiger partial charge in [0.1, 0.15) is 37.6 Å². The topological polar surface area (TPSA) is 309 Å². The lowest BCUT2D eigenvalue weighted by Crippen LogP contribution is -2.69. The van der Waals surface area contributed by atoms with E-state index >= 15 is 0 Å². The van der Waals surface area contributed by atoms with E-state index in [1.165, 1.54) is 6.92 Å². The molecule has 3 aliphatic heterocycles. The number of hydrogen-bond donors (Lipinski definition) is 0. The van der Waals surface area contributed by atoms with Crippen molar-refractivity contribution in [2.24, 2.45) is 0 Å². The first-order valence-corrected chi connectivity index (χ1v) is 19.3. The van der Waals surface area contributed by atoms with Gasteiger partial charge in [0.05, 0.1) is 6.10 Å². The molecule has 63 heavy (non-hydrogen) atoms. The molecule has 0 N–H and O–H groups in total. The van der Waals surface area contributed by atoms with Crippen molar-refractivity contribution in [3.63, 3.8) is 0 Å². The smallest absolute Gasteiger partial charge is 0.305 e. The van der Waals surface area contributed by atoms with Crippen molar-refractivity contribution >= 4 is 59.7 Å². The van der Waals surface area contributed by atoms with Crippen LogP contribution >= 0.6 is 0 Å². The Labute approximate surface area is 360 Å². The van der Waals surface area contributed by atoms with E-state index in [0.29, 0.717) is 0 Å². The van der Waals surface area contributed by atoms with Crippen LogP contribution in [0.15, 0.2) is 0 Å². The second-order valence-electron chi connectivity index (χ2n) is 14.2. The molecule has 0 aromatic carbocycles. The molecule has 15 unspecified atom stereocenters. The Balaban J connectivity index is 2.34. The summed E-state index contributed by atoms with van der Waals surface area (Å²) in [6.45, 7) is 9.98. The van der Waals surface area contributed by atoms with Gasteiger partial charge in [0.2, 0.25) is 6.29 Å². The molecule has 0 aromatic rings. The van der Waals surface area contributed by atoms with E-state index < -0.39 is 165 Å². The first-order valence-electron chi connectivity index (χ1n) is 19.3. The van der Waals surface area contributed by atoms with Crippen LogP contribution in [0.5, 0.6) is 0 Å². The molecule has 3 aliphatic rings. The number of rotatable bonds is 16. The average Bonchev–Trinajstić information content (AvgIpc) is 3.12. The molecular weight excluding hydrogens is 856 g/mol. The minimum Gasteiger partial charge on any atom is -0.463 e. The Bertz CT molecular complexity index is 1710. The third-order valence-electron chi connectivity index (χ3n) is 8.79. The van der Waals surface area contributed by atoms with Crippen molar-refractivity contribution in [2.75, 3.05) is 13.2 Å². The number of esters is 10. The quantitative estimate of drug-likeness (QED) is 0.135. The fourth-order valence-electron chi connectivity index (χ4n) is 6.79. The van der Waals surface area contributed by atoms with Gasteiger partial charge in [0.15, 0.2) is 55.3 Å². The van der Waals surface area contributed by atoms with Gasteiger partial charge in [-0.25, -0.2) is 0 Å². The van der Waals surface area contributed by atoms with E-state index in [-0.39, 0.29) is 0 Å². The molecule has 0 aliphatic carbocycles. The fourth-order valence-corrected chi connectivity index (χ4v) is 6.79. The first-order chi connectivity index (χ1) is 29.4. The fraction of sp³-hybridized carbons (Fsp3) is 0.737. The van der Waals surface area contributed by atoms with Crippen molar-refractivity contribution in [3.05, 3.63) is 0 Å². The largest absolute Gasteiger partial charge is 0.463 e. The minimum absolute atomic E-state index is 0.687. The summed E-state index contributed by atoms with van der Waals surface area (Å²) in [5.41, 5.74) is 0. The summed E-state index contributed by atoms with van der Waals surface area (Å²) >= 11 is 0. The number of ether oxygens (including phenoxy) is 15. The molecule has 0 radical (unpaired) electrons. The van der Waals surface area contributed by atoms with Gasteiger partial charge < -0.3 is 71.1 Å². The van der Waals surface area contributed by atoms with Crippen molar-refractivity contribution in [1.82, 2.24) is 0 Å². The predicted octanol–water partition coefficient (Wildman–Crippen LogP) is -0.837. The normalized spacial score (nSPS) is 32.6. The van der Waals surface area contributed by atoms with Gasteiger partial charge in [-0.15, -0.1) is 0 Å². The molecule has 3 heterocycles. The van der Waals surface area contributed by atoms with Crippen molar-refractivity contribution in [2.45, 2.75) is 168 Å². The molecule has 3 saturated heterocycles. The van der Waals surface area contributed by atoms with Crippen LogP contribution in [0.4, 0.5) is 0 Å². The van der Waals surface area contributed by atoms with Gasteiger partial charge >= 0.3 is 59.7 Å². The van der Waals surface area contributed by atoms with Gasteiger partial charge in [-0.05, 0) is 6.92 Å². The Morgan fingerprint density at radius 1 is 0.317 bits per heavy atom. The molecule has 15 atom stereocenters. The second-order valence-corrected chi connectivity index (χ2v) is 14.2. The van der Waals surface area contributed by atoms with Crippen LogP contribution in [0.25, 0.3) is 0 Å². The maximum Gasteiger partial charge on any atom is 0.305 e. The zero-order valence-electron chi connectivity index (χ0n) is 36.3. The lowest BCUT2D eigenvalue weighted by Gasteiger charge is -2.50. The summed E-state index contributed by atoms with van der Waals surface area (Å²) in [4.78, 5) is 124. The second kappa shape index (κ2) is 23.3. The lowest BCUT2D eigenvalue weighted by molar-refractivity contribution is -0.379. The van der Waals surface area contributed by atoms with E-state index in [9.17, 15) is 47.9 Å². The highest BCUT2D eigenvalue weighted by Crippen LogP contribution is 2.38. The van der Waals surface area contributed by atoms with Crippen molar-refractivity contribution < 1.29 is 119 Å². The molecule has 3 fully saturated rings. The molecule has 0 aromatic heterocycles. The summed E-state index contributed by atoms with van der Waals surface area (Å²) in [5, 5.41) is 0. The Morgan fingerprint density at radius 2 is 0.603 bits per heavy atom. The van der Waals surface area contributed by atoms with Crippen molar-refractivity contribution in [3.8, 4) is 0 Å². The molecule has 3 rings (SSSR count). The summed E-state index contributed by atoms with van der Waals surface area (Å²) in [5.74, 6) is -9.43. The highest BCUT2D eigenvalue weighted by molar-refractivity contribution is 5.70. The van der Waals surface area contributed by atoms with Gasteiger partial charge in [0.25, 0.3) is 0 Å². The average molecular weight is 909 g/mol. The van der Waals surface area contributed by atoms with E-state index in [4.69, 9.17) is 71.1 Å². The van der Waals surface area contributed by atoms with E-state index in [1.807, 2.05) is 0 Å².